The molecule has 1 aromatic heterocycles. The predicted octanol–water partition coefficient (Wildman–Crippen LogP) is 0.885. The molecule has 0 saturated carbocycles. The molecule has 2 N–H and O–H groups in total. The van der Waals surface area contributed by atoms with E-state index in [2.05, 4.69) is 15.6 Å². The number of hydrogen-bond donors (Lipinski definition) is 2. The number of carbonyl (C=O) groups excluding carboxylic acids is 2. The molecule has 1 atom stereocenters. The third-order valence-corrected chi connectivity index (χ3v) is 4.06. The lowest BCUT2D eigenvalue weighted by atomic mass is 9.97. The molecule has 0 radical (unpaired) electrons. The molecule has 0 spiro atoms. The van der Waals surface area contributed by atoms with Gasteiger partial charge in [-0.15, -0.1) is 0 Å². The van der Waals surface area contributed by atoms with Crippen LogP contribution in [0.5, 0.6) is 0 Å². The molecule has 1 aliphatic rings. The number of amides is 2. The molecular formula is C17H26N4O3. The second-order valence-electron chi connectivity index (χ2n) is 5.92. The number of methoxy groups -OCH3 is 1. The quantitative estimate of drug-likeness (QED) is 0.690. The molecule has 1 saturated heterocycles. The average molecular weight is 334 g/mol. The van der Waals surface area contributed by atoms with Gasteiger partial charge in [-0.3, -0.25) is 14.6 Å². The van der Waals surface area contributed by atoms with Crippen molar-refractivity contribution in [3.05, 3.63) is 24.5 Å². The van der Waals surface area contributed by atoms with Crippen molar-refractivity contribution in [2.75, 3.05) is 45.2 Å². The standard InChI is InChI=1S/C17H26N4O3/c1-24-13-16(22)21-10-3-5-14(12-21)17(23)20-9-4-8-19-15-6-2-7-18-11-15/h2,6-7,11,14,19H,3-5,8-10,12-13H2,1H3,(H,20,23). The lowest BCUT2D eigenvalue weighted by Crippen LogP contribution is -2.46. The molecule has 1 aliphatic heterocycles. The first-order valence-electron chi connectivity index (χ1n) is 8.39. The van der Waals surface area contributed by atoms with Gasteiger partial charge in [0.2, 0.25) is 11.8 Å². The zero-order chi connectivity index (χ0) is 17.2. The highest BCUT2D eigenvalue weighted by Crippen LogP contribution is 2.16. The van der Waals surface area contributed by atoms with Gasteiger partial charge in [-0.2, -0.15) is 0 Å². The number of ether oxygens (including phenoxy) is 1. The molecule has 0 bridgehead atoms. The Morgan fingerprint density at radius 2 is 2.29 bits per heavy atom. The van der Waals surface area contributed by atoms with Crippen LogP contribution < -0.4 is 10.6 Å². The van der Waals surface area contributed by atoms with Crippen LogP contribution in [0.2, 0.25) is 0 Å². The Balaban J connectivity index is 1.64. The van der Waals surface area contributed by atoms with Crippen LogP contribution in [0.1, 0.15) is 19.3 Å². The van der Waals surface area contributed by atoms with Crippen molar-refractivity contribution in [1.29, 1.82) is 0 Å². The van der Waals surface area contributed by atoms with Crippen molar-refractivity contribution in [2.24, 2.45) is 5.92 Å². The average Bonchev–Trinajstić information content (AvgIpc) is 2.62. The van der Waals surface area contributed by atoms with Crippen LogP contribution in [-0.2, 0) is 14.3 Å². The van der Waals surface area contributed by atoms with Crippen molar-refractivity contribution in [3.63, 3.8) is 0 Å². The van der Waals surface area contributed by atoms with Crippen LogP contribution in [0.4, 0.5) is 5.69 Å². The number of nitrogens with zero attached hydrogens (tertiary/aromatic N) is 2. The topological polar surface area (TPSA) is 83.6 Å². The van der Waals surface area contributed by atoms with E-state index in [-0.39, 0.29) is 24.3 Å². The molecule has 2 amide bonds. The van der Waals surface area contributed by atoms with Gasteiger partial charge in [-0.1, -0.05) is 0 Å². The van der Waals surface area contributed by atoms with Crippen LogP contribution in [0.3, 0.4) is 0 Å². The third-order valence-electron chi connectivity index (χ3n) is 4.06. The summed E-state index contributed by atoms with van der Waals surface area (Å²) in [5.74, 6) is -0.132. The molecule has 1 aromatic rings. The van der Waals surface area contributed by atoms with Crippen LogP contribution >= 0.6 is 0 Å². The van der Waals surface area contributed by atoms with Gasteiger partial charge >= 0.3 is 0 Å². The van der Waals surface area contributed by atoms with E-state index in [1.165, 1.54) is 7.11 Å². The molecule has 7 nitrogen and oxygen atoms in total. The van der Waals surface area contributed by atoms with Crippen molar-refractivity contribution in [3.8, 4) is 0 Å². The van der Waals surface area contributed by atoms with E-state index in [1.54, 1.807) is 17.3 Å². The Kier molecular flexibility index (Phi) is 7.48. The molecule has 0 aliphatic carbocycles. The summed E-state index contributed by atoms with van der Waals surface area (Å²) in [5.41, 5.74) is 0.975. The van der Waals surface area contributed by atoms with E-state index in [1.807, 2.05) is 12.1 Å². The van der Waals surface area contributed by atoms with Gasteiger partial charge in [0, 0.05) is 45.7 Å². The van der Waals surface area contributed by atoms with Crippen LogP contribution in [-0.4, -0.2) is 61.6 Å². The molecule has 2 heterocycles. The van der Waals surface area contributed by atoms with E-state index >= 15 is 0 Å². The fraction of sp³-hybridized carbons (Fsp3) is 0.588. The molecule has 132 valence electrons. The van der Waals surface area contributed by atoms with E-state index < -0.39 is 0 Å². The zero-order valence-electron chi connectivity index (χ0n) is 14.2. The van der Waals surface area contributed by atoms with E-state index in [0.29, 0.717) is 19.6 Å². The van der Waals surface area contributed by atoms with E-state index in [0.717, 1.165) is 31.5 Å². The minimum Gasteiger partial charge on any atom is -0.384 e. The molecule has 0 aromatic carbocycles. The normalized spacial score (nSPS) is 17.4. The molecule has 7 heteroatoms. The van der Waals surface area contributed by atoms with Crippen LogP contribution in [0, 0.1) is 5.92 Å². The number of nitrogens with one attached hydrogen (secondary N) is 2. The number of piperidine rings is 1. The zero-order valence-corrected chi connectivity index (χ0v) is 14.2. The second-order valence-corrected chi connectivity index (χ2v) is 5.92. The fourth-order valence-electron chi connectivity index (χ4n) is 2.78. The summed E-state index contributed by atoms with van der Waals surface area (Å²) in [5, 5.41) is 6.22. The van der Waals surface area contributed by atoms with E-state index in [4.69, 9.17) is 4.74 Å². The summed E-state index contributed by atoms with van der Waals surface area (Å²) < 4.78 is 4.88. The maximum atomic E-state index is 12.2. The first-order valence-corrected chi connectivity index (χ1v) is 8.39. The van der Waals surface area contributed by atoms with Gasteiger partial charge in [0.25, 0.3) is 0 Å². The summed E-state index contributed by atoms with van der Waals surface area (Å²) >= 11 is 0. The van der Waals surface area contributed by atoms with Crippen LogP contribution in [0.25, 0.3) is 0 Å². The lowest BCUT2D eigenvalue weighted by molar-refractivity contribution is -0.138. The Morgan fingerprint density at radius 1 is 1.42 bits per heavy atom. The Hall–Kier alpha value is -2.15. The van der Waals surface area contributed by atoms with Crippen LogP contribution in [0.15, 0.2) is 24.5 Å². The molecular weight excluding hydrogens is 308 g/mol. The number of likely N-dealkylation sites (tertiary alicyclic amines) is 1. The SMILES string of the molecule is COCC(=O)N1CCCC(C(=O)NCCCNc2cccnc2)C1. The predicted molar refractivity (Wildman–Crippen MR) is 91.5 cm³/mol. The monoisotopic (exact) mass is 334 g/mol. The van der Waals surface area contributed by atoms with Gasteiger partial charge in [-0.25, -0.2) is 0 Å². The Morgan fingerprint density at radius 3 is 3.04 bits per heavy atom. The minimum absolute atomic E-state index is 0.0336. The van der Waals surface area contributed by atoms with Gasteiger partial charge in [0.15, 0.2) is 0 Å². The maximum Gasteiger partial charge on any atom is 0.248 e. The van der Waals surface area contributed by atoms with Gasteiger partial charge in [-0.05, 0) is 31.4 Å². The molecule has 1 unspecified atom stereocenters. The Bertz CT molecular complexity index is 524. The fourth-order valence-corrected chi connectivity index (χ4v) is 2.78. The number of rotatable bonds is 8. The highest BCUT2D eigenvalue weighted by Gasteiger charge is 2.27. The summed E-state index contributed by atoms with van der Waals surface area (Å²) in [6, 6.07) is 3.84. The van der Waals surface area contributed by atoms with Crippen molar-refractivity contribution in [1.82, 2.24) is 15.2 Å². The van der Waals surface area contributed by atoms with Crippen molar-refractivity contribution < 1.29 is 14.3 Å². The third kappa shape index (κ3) is 5.81. The van der Waals surface area contributed by atoms with Gasteiger partial charge < -0.3 is 20.3 Å². The number of pyridine rings is 1. The maximum absolute atomic E-state index is 12.2. The smallest absolute Gasteiger partial charge is 0.248 e. The number of anilines is 1. The molecule has 2 rings (SSSR count). The Labute approximate surface area is 142 Å². The summed E-state index contributed by atoms with van der Waals surface area (Å²) in [6.45, 7) is 2.67. The highest BCUT2D eigenvalue weighted by molar-refractivity contribution is 5.81. The van der Waals surface area contributed by atoms with Crippen molar-refractivity contribution >= 4 is 17.5 Å². The molecule has 1 fully saturated rings. The van der Waals surface area contributed by atoms with Gasteiger partial charge in [0.1, 0.15) is 6.61 Å². The van der Waals surface area contributed by atoms with E-state index in [9.17, 15) is 9.59 Å². The highest BCUT2D eigenvalue weighted by atomic mass is 16.5. The largest absolute Gasteiger partial charge is 0.384 e. The first kappa shape index (κ1) is 18.2. The van der Waals surface area contributed by atoms with Gasteiger partial charge in [0.05, 0.1) is 11.6 Å². The second kappa shape index (κ2) is 9.87. The number of aromatic nitrogens is 1. The summed E-state index contributed by atoms with van der Waals surface area (Å²) in [7, 11) is 1.51. The minimum atomic E-state index is -0.120. The summed E-state index contributed by atoms with van der Waals surface area (Å²) in [6.07, 6.45) is 6.02. The number of hydrogen-bond acceptors (Lipinski definition) is 5. The number of carbonyl (C=O) groups is 2. The first-order chi connectivity index (χ1) is 11.7. The van der Waals surface area contributed by atoms with Crippen molar-refractivity contribution in [2.45, 2.75) is 19.3 Å². The summed E-state index contributed by atoms with van der Waals surface area (Å²) in [4.78, 5) is 29.9. The molecule has 24 heavy (non-hydrogen) atoms. The lowest BCUT2D eigenvalue weighted by Gasteiger charge is -2.31.